The van der Waals surface area contributed by atoms with E-state index in [0.717, 1.165) is 25.9 Å². The lowest BCUT2D eigenvalue weighted by molar-refractivity contribution is -0.122. The second kappa shape index (κ2) is 5.98. The van der Waals surface area contributed by atoms with E-state index in [-0.39, 0.29) is 18.1 Å². The van der Waals surface area contributed by atoms with Gasteiger partial charge >= 0.3 is 0 Å². The predicted molar refractivity (Wildman–Crippen MR) is 54.9 cm³/mol. The molecule has 1 fully saturated rings. The Labute approximate surface area is 85.2 Å². The van der Waals surface area contributed by atoms with E-state index in [1.165, 1.54) is 0 Å². The van der Waals surface area contributed by atoms with E-state index in [9.17, 15) is 4.79 Å². The van der Waals surface area contributed by atoms with Crippen LogP contribution in [0.15, 0.2) is 0 Å². The summed E-state index contributed by atoms with van der Waals surface area (Å²) in [5.74, 6) is 0.0819. The van der Waals surface area contributed by atoms with Gasteiger partial charge in [-0.1, -0.05) is 0 Å². The van der Waals surface area contributed by atoms with Crippen LogP contribution < -0.4 is 11.1 Å². The normalized spacial score (nSPS) is 23.4. The minimum Gasteiger partial charge on any atom is -0.376 e. The number of amides is 1. The van der Waals surface area contributed by atoms with Crippen LogP contribution in [0.2, 0.25) is 0 Å². The first-order valence-electron chi connectivity index (χ1n) is 5.35. The van der Waals surface area contributed by atoms with Gasteiger partial charge < -0.3 is 15.8 Å². The molecule has 1 aliphatic rings. The van der Waals surface area contributed by atoms with E-state index in [0.29, 0.717) is 13.0 Å². The molecule has 0 saturated carbocycles. The van der Waals surface area contributed by atoms with Gasteiger partial charge in [-0.25, -0.2) is 0 Å². The van der Waals surface area contributed by atoms with Crippen LogP contribution in [0.3, 0.4) is 0 Å². The highest BCUT2D eigenvalue weighted by Crippen LogP contribution is 2.15. The van der Waals surface area contributed by atoms with Crippen LogP contribution in [0, 0.1) is 0 Å². The second-order valence-electron chi connectivity index (χ2n) is 3.80. The molecule has 2 atom stereocenters. The molecule has 0 aliphatic carbocycles. The summed E-state index contributed by atoms with van der Waals surface area (Å²) >= 11 is 0. The Morgan fingerprint density at radius 3 is 3.07 bits per heavy atom. The topological polar surface area (TPSA) is 64.4 Å². The Bertz CT molecular complexity index is 179. The Hall–Kier alpha value is -0.610. The van der Waals surface area contributed by atoms with Crippen LogP contribution in [0.4, 0.5) is 0 Å². The lowest BCUT2D eigenvalue weighted by Crippen LogP contribution is -2.40. The number of rotatable bonds is 5. The quantitative estimate of drug-likeness (QED) is 0.675. The van der Waals surface area contributed by atoms with Crippen LogP contribution in [0.1, 0.15) is 32.6 Å². The SMILES string of the molecule is CC(NC(=O)CCCN)C1CCCO1. The van der Waals surface area contributed by atoms with Crippen LogP contribution in [0.5, 0.6) is 0 Å². The summed E-state index contributed by atoms with van der Waals surface area (Å²) in [4.78, 5) is 11.3. The molecule has 0 aromatic carbocycles. The van der Waals surface area contributed by atoms with Gasteiger partial charge in [-0.05, 0) is 32.7 Å². The molecule has 0 aromatic rings. The fourth-order valence-electron chi connectivity index (χ4n) is 1.68. The van der Waals surface area contributed by atoms with Gasteiger partial charge in [0, 0.05) is 13.0 Å². The number of hydrogen-bond acceptors (Lipinski definition) is 3. The maximum absolute atomic E-state index is 11.3. The predicted octanol–water partition coefficient (Wildman–Crippen LogP) is 0.409. The molecular weight excluding hydrogens is 180 g/mol. The summed E-state index contributed by atoms with van der Waals surface area (Å²) in [7, 11) is 0. The highest BCUT2D eigenvalue weighted by atomic mass is 16.5. The molecule has 4 heteroatoms. The smallest absolute Gasteiger partial charge is 0.220 e. The van der Waals surface area contributed by atoms with Crippen LogP contribution in [0.25, 0.3) is 0 Å². The van der Waals surface area contributed by atoms with Gasteiger partial charge in [0.2, 0.25) is 5.91 Å². The number of nitrogens with two attached hydrogens (primary N) is 1. The van der Waals surface area contributed by atoms with E-state index in [2.05, 4.69) is 5.32 Å². The van der Waals surface area contributed by atoms with E-state index < -0.39 is 0 Å². The second-order valence-corrected chi connectivity index (χ2v) is 3.80. The molecule has 1 rings (SSSR count). The first kappa shape index (κ1) is 11.5. The summed E-state index contributed by atoms with van der Waals surface area (Å²) in [5, 5.41) is 2.94. The van der Waals surface area contributed by atoms with Crippen molar-refractivity contribution in [3.05, 3.63) is 0 Å². The van der Waals surface area contributed by atoms with Crippen LogP contribution in [-0.4, -0.2) is 31.2 Å². The maximum atomic E-state index is 11.3. The van der Waals surface area contributed by atoms with E-state index in [1.54, 1.807) is 0 Å². The molecule has 0 radical (unpaired) electrons. The summed E-state index contributed by atoms with van der Waals surface area (Å²) < 4.78 is 5.48. The van der Waals surface area contributed by atoms with Crippen molar-refractivity contribution in [3.8, 4) is 0 Å². The highest BCUT2D eigenvalue weighted by Gasteiger charge is 2.23. The van der Waals surface area contributed by atoms with Gasteiger partial charge in [0.25, 0.3) is 0 Å². The average Bonchev–Trinajstić information content (AvgIpc) is 2.67. The van der Waals surface area contributed by atoms with Gasteiger partial charge in [0.1, 0.15) is 0 Å². The lowest BCUT2D eigenvalue weighted by atomic mass is 10.1. The maximum Gasteiger partial charge on any atom is 0.220 e. The Morgan fingerprint density at radius 1 is 1.71 bits per heavy atom. The minimum atomic E-state index is 0.0819. The zero-order valence-electron chi connectivity index (χ0n) is 8.79. The van der Waals surface area contributed by atoms with Gasteiger partial charge in [-0.2, -0.15) is 0 Å². The first-order chi connectivity index (χ1) is 6.74. The lowest BCUT2D eigenvalue weighted by Gasteiger charge is -2.19. The van der Waals surface area contributed by atoms with Crippen molar-refractivity contribution in [2.24, 2.45) is 5.73 Å². The van der Waals surface area contributed by atoms with Crippen molar-refractivity contribution >= 4 is 5.91 Å². The van der Waals surface area contributed by atoms with Crippen molar-refractivity contribution in [2.45, 2.75) is 44.8 Å². The molecule has 1 amide bonds. The zero-order chi connectivity index (χ0) is 10.4. The summed E-state index contributed by atoms with van der Waals surface area (Å²) in [5.41, 5.74) is 5.33. The van der Waals surface area contributed by atoms with Crippen LogP contribution >= 0.6 is 0 Å². The van der Waals surface area contributed by atoms with Crippen LogP contribution in [-0.2, 0) is 9.53 Å². The van der Waals surface area contributed by atoms with Gasteiger partial charge in [0.15, 0.2) is 0 Å². The minimum absolute atomic E-state index is 0.0819. The van der Waals surface area contributed by atoms with Crippen molar-refractivity contribution < 1.29 is 9.53 Å². The number of carbonyl (C=O) groups is 1. The summed E-state index contributed by atoms with van der Waals surface area (Å²) in [6.45, 7) is 3.39. The molecule has 82 valence electrons. The van der Waals surface area contributed by atoms with Gasteiger partial charge in [0.05, 0.1) is 12.1 Å². The molecule has 1 aliphatic heterocycles. The molecule has 2 unspecified atom stereocenters. The third-order valence-electron chi connectivity index (χ3n) is 2.52. The Kier molecular flexibility index (Phi) is 4.90. The van der Waals surface area contributed by atoms with Crippen molar-refractivity contribution in [1.29, 1.82) is 0 Å². The Balaban J connectivity index is 2.18. The molecule has 1 saturated heterocycles. The Morgan fingerprint density at radius 2 is 2.50 bits per heavy atom. The summed E-state index contributed by atoms with van der Waals surface area (Å²) in [6.07, 6.45) is 3.64. The van der Waals surface area contributed by atoms with E-state index >= 15 is 0 Å². The molecule has 4 nitrogen and oxygen atoms in total. The fourth-order valence-corrected chi connectivity index (χ4v) is 1.68. The summed E-state index contributed by atoms with van der Waals surface area (Å²) in [6, 6.07) is 0.128. The average molecular weight is 200 g/mol. The largest absolute Gasteiger partial charge is 0.376 e. The van der Waals surface area contributed by atoms with E-state index in [4.69, 9.17) is 10.5 Å². The number of carbonyl (C=O) groups excluding carboxylic acids is 1. The van der Waals surface area contributed by atoms with Crippen molar-refractivity contribution in [2.75, 3.05) is 13.2 Å². The molecule has 14 heavy (non-hydrogen) atoms. The number of nitrogens with one attached hydrogen (secondary N) is 1. The van der Waals surface area contributed by atoms with Gasteiger partial charge in [-0.3, -0.25) is 4.79 Å². The monoisotopic (exact) mass is 200 g/mol. The molecule has 3 N–H and O–H groups in total. The molecule has 0 aromatic heterocycles. The highest BCUT2D eigenvalue weighted by molar-refractivity contribution is 5.76. The molecule has 1 heterocycles. The fraction of sp³-hybridized carbons (Fsp3) is 0.900. The third kappa shape index (κ3) is 3.64. The molecular formula is C10H20N2O2. The van der Waals surface area contributed by atoms with Gasteiger partial charge in [-0.15, -0.1) is 0 Å². The standard InChI is InChI=1S/C10H20N2O2/c1-8(9-4-3-7-14-9)12-10(13)5-2-6-11/h8-9H,2-7,11H2,1H3,(H,12,13). The van der Waals surface area contributed by atoms with Crippen molar-refractivity contribution in [1.82, 2.24) is 5.32 Å². The number of hydrogen-bond donors (Lipinski definition) is 2. The molecule has 0 spiro atoms. The van der Waals surface area contributed by atoms with E-state index in [1.807, 2.05) is 6.92 Å². The number of ether oxygens (including phenoxy) is 1. The van der Waals surface area contributed by atoms with Crippen molar-refractivity contribution in [3.63, 3.8) is 0 Å². The third-order valence-corrected chi connectivity index (χ3v) is 2.52. The first-order valence-corrected chi connectivity index (χ1v) is 5.35. The molecule has 0 bridgehead atoms. The zero-order valence-corrected chi connectivity index (χ0v) is 8.79.